The highest BCUT2D eigenvalue weighted by Crippen LogP contribution is 2.22. The molecule has 0 aromatic heterocycles. The number of nitrogens with one attached hydrogen (secondary N) is 1. The molecule has 0 bridgehead atoms. The molecule has 2 N–H and O–H groups in total. The van der Waals surface area contributed by atoms with Crippen molar-refractivity contribution in [1.82, 2.24) is 5.32 Å². The zero-order chi connectivity index (χ0) is 16.0. The Morgan fingerprint density at radius 1 is 0.955 bits per heavy atom. The molecule has 0 aliphatic heterocycles. The third-order valence-electron chi connectivity index (χ3n) is 4.04. The molecule has 0 unspecified atom stereocenters. The number of rotatable bonds is 7. The molecule has 118 valence electrons. The molecule has 2 heteroatoms. The van der Waals surface area contributed by atoms with Gasteiger partial charge in [-0.2, -0.15) is 0 Å². The molecule has 22 heavy (non-hydrogen) atoms. The van der Waals surface area contributed by atoms with Crippen LogP contribution in [0.3, 0.4) is 0 Å². The standard InChI is InChI=1S/C20H27NO/c1-16(19(22)18-12-8-5-9-13-18)21-15-20(2,3)14-17-10-6-4-7-11-17/h4-13,16,19,21-22H,14-15H2,1-3H3/t16-,19-/m0/s1. The number of aliphatic hydroxyl groups excluding tert-OH is 1. The van der Waals surface area contributed by atoms with Crippen LogP contribution in [0.4, 0.5) is 0 Å². The molecule has 2 aromatic carbocycles. The van der Waals surface area contributed by atoms with Crippen molar-refractivity contribution >= 4 is 0 Å². The van der Waals surface area contributed by atoms with Gasteiger partial charge < -0.3 is 10.4 Å². The maximum absolute atomic E-state index is 10.4. The van der Waals surface area contributed by atoms with Gasteiger partial charge in [-0.3, -0.25) is 0 Å². The van der Waals surface area contributed by atoms with Gasteiger partial charge in [0.25, 0.3) is 0 Å². The first kappa shape index (κ1) is 16.7. The first-order chi connectivity index (χ1) is 10.5. The summed E-state index contributed by atoms with van der Waals surface area (Å²) in [6, 6.07) is 20.4. The summed E-state index contributed by atoms with van der Waals surface area (Å²) in [5.41, 5.74) is 2.46. The Morgan fingerprint density at radius 3 is 2.09 bits per heavy atom. The van der Waals surface area contributed by atoms with Gasteiger partial charge in [0.2, 0.25) is 0 Å². The Labute approximate surface area is 134 Å². The van der Waals surface area contributed by atoms with Crippen LogP contribution in [-0.4, -0.2) is 17.7 Å². The smallest absolute Gasteiger partial charge is 0.0940 e. The largest absolute Gasteiger partial charge is 0.387 e. The molecule has 2 nitrogen and oxygen atoms in total. The summed E-state index contributed by atoms with van der Waals surface area (Å²) < 4.78 is 0. The second kappa shape index (κ2) is 7.57. The molecule has 0 spiro atoms. The summed E-state index contributed by atoms with van der Waals surface area (Å²) in [5, 5.41) is 13.9. The second-order valence-corrected chi connectivity index (χ2v) is 6.85. The average molecular weight is 297 g/mol. The van der Waals surface area contributed by atoms with E-state index in [0.29, 0.717) is 0 Å². The molecule has 0 amide bonds. The lowest BCUT2D eigenvalue weighted by Gasteiger charge is -2.29. The summed E-state index contributed by atoms with van der Waals surface area (Å²) in [4.78, 5) is 0. The van der Waals surface area contributed by atoms with E-state index in [0.717, 1.165) is 18.5 Å². The average Bonchev–Trinajstić information content (AvgIpc) is 2.53. The van der Waals surface area contributed by atoms with Gasteiger partial charge >= 0.3 is 0 Å². The number of hydrogen-bond donors (Lipinski definition) is 2. The lowest BCUT2D eigenvalue weighted by atomic mass is 9.85. The maximum Gasteiger partial charge on any atom is 0.0940 e. The Bertz CT molecular complexity index is 550. The van der Waals surface area contributed by atoms with E-state index in [9.17, 15) is 5.11 Å². The summed E-state index contributed by atoms with van der Waals surface area (Å²) >= 11 is 0. The molecular weight excluding hydrogens is 270 g/mol. The lowest BCUT2D eigenvalue weighted by molar-refractivity contribution is 0.128. The monoisotopic (exact) mass is 297 g/mol. The summed E-state index contributed by atoms with van der Waals surface area (Å²) in [6.07, 6.45) is 0.545. The molecule has 2 aromatic rings. The van der Waals surface area contributed by atoms with Crippen molar-refractivity contribution in [1.29, 1.82) is 0 Å². The molecule has 0 aliphatic carbocycles. The summed E-state index contributed by atoms with van der Waals surface area (Å²) in [5.74, 6) is 0. The van der Waals surface area contributed by atoms with Crippen LogP contribution in [0, 0.1) is 5.41 Å². The van der Waals surface area contributed by atoms with E-state index in [1.54, 1.807) is 0 Å². The molecule has 0 saturated carbocycles. The second-order valence-electron chi connectivity index (χ2n) is 6.85. The van der Waals surface area contributed by atoms with Crippen LogP contribution >= 0.6 is 0 Å². The molecule has 0 heterocycles. The Morgan fingerprint density at radius 2 is 1.50 bits per heavy atom. The van der Waals surface area contributed by atoms with Gasteiger partial charge in [-0.05, 0) is 29.9 Å². The molecule has 0 fully saturated rings. The van der Waals surface area contributed by atoms with E-state index in [-0.39, 0.29) is 11.5 Å². The van der Waals surface area contributed by atoms with E-state index >= 15 is 0 Å². The van der Waals surface area contributed by atoms with Gasteiger partial charge in [0, 0.05) is 12.6 Å². The first-order valence-electron chi connectivity index (χ1n) is 7.98. The van der Waals surface area contributed by atoms with Crippen LogP contribution in [0.1, 0.15) is 38.0 Å². The fourth-order valence-corrected chi connectivity index (χ4v) is 2.70. The van der Waals surface area contributed by atoms with Crippen molar-refractivity contribution in [2.75, 3.05) is 6.54 Å². The van der Waals surface area contributed by atoms with Crippen molar-refractivity contribution in [2.45, 2.75) is 39.3 Å². The number of aliphatic hydroxyl groups is 1. The first-order valence-corrected chi connectivity index (χ1v) is 7.98. The summed E-state index contributed by atoms with van der Waals surface area (Å²) in [6.45, 7) is 7.42. The zero-order valence-corrected chi connectivity index (χ0v) is 13.8. The van der Waals surface area contributed by atoms with Crippen LogP contribution in [0.5, 0.6) is 0 Å². The summed E-state index contributed by atoms with van der Waals surface area (Å²) in [7, 11) is 0. The molecular formula is C20H27NO. The van der Waals surface area contributed by atoms with E-state index < -0.39 is 6.10 Å². The molecule has 0 saturated heterocycles. The van der Waals surface area contributed by atoms with E-state index in [1.165, 1.54) is 5.56 Å². The van der Waals surface area contributed by atoms with E-state index in [4.69, 9.17) is 0 Å². The minimum absolute atomic E-state index is 0.0254. The van der Waals surface area contributed by atoms with E-state index in [1.807, 2.05) is 43.3 Å². The third-order valence-corrected chi connectivity index (χ3v) is 4.04. The normalized spacial score (nSPS) is 14.5. The fraction of sp³-hybridized carbons (Fsp3) is 0.400. The Balaban J connectivity index is 1.88. The Kier molecular flexibility index (Phi) is 5.76. The minimum Gasteiger partial charge on any atom is -0.387 e. The van der Waals surface area contributed by atoms with Crippen molar-refractivity contribution < 1.29 is 5.11 Å². The van der Waals surface area contributed by atoms with Crippen molar-refractivity contribution in [3.8, 4) is 0 Å². The Hall–Kier alpha value is -1.64. The maximum atomic E-state index is 10.4. The third kappa shape index (κ3) is 4.97. The highest BCUT2D eigenvalue weighted by molar-refractivity contribution is 5.19. The highest BCUT2D eigenvalue weighted by Gasteiger charge is 2.22. The van der Waals surface area contributed by atoms with Crippen LogP contribution in [0.2, 0.25) is 0 Å². The van der Waals surface area contributed by atoms with Crippen molar-refractivity contribution in [3.63, 3.8) is 0 Å². The SMILES string of the molecule is C[C@H](NCC(C)(C)Cc1ccccc1)[C@H](O)c1ccccc1. The van der Waals surface area contributed by atoms with Gasteiger partial charge in [-0.1, -0.05) is 74.5 Å². The minimum atomic E-state index is -0.478. The van der Waals surface area contributed by atoms with Crippen LogP contribution in [0.25, 0.3) is 0 Å². The fourth-order valence-electron chi connectivity index (χ4n) is 2.70. The molecule has 0 radical (unpaired) electrons. The topological polar surface area (TPSA) is 32.3 Å². The van der Waals surface area contributed by atoms with E-state index in [2.05, 4.69) is 43.4 Å². The van der Waals surface area contributed by atoms with Crippen LogP contribution in [0.15, 0.2) is 60.7 Å². The highest BCUT2D eigenvalue weighted by atomic mass is 16.3. The molecule has 2 rings (SSSR count). The van der Waals surface area contributed by atoms with Gasteiger partial charge in [0.15, 0.2) is 0 Å². The van der Waals surface area contributed by atoms with Crippen LogP contribution in [-0.2, 0) is 6.42 Å². The molecule has 2 atom stereocenters. The predicted molar refractivity (Wildman–Crippen MR) is 92.8 cm³/mol. The van der Waals surface area contributed by atoms with Crippen LogP contribution < -0.4 is 5.32 Å². The van der Waals surface area contributed by atoms with Gasteiger partial charge in [0.05, 0.1) is 6.10 Å². The predicted octanol–water partition coefficient (Wildman–Crippen LogP) is 3.97. The number of hydrogen-bond acceptors (Lipinski definition) is 2. The van der Waals surface area contributed by atoms with Crippen molar-refractivity contribution in [2.24, 2.45) is 5.41 Å². The lowest BCUT2D eigenvalue weighted by Crippen LogP contribution is -2.39. The van der Waals surface area contributed by atoms with Gasteiger partial charge in [-0.15, -0.1) is 0 Å². The molecule has 0 aliphatic rings. The van der Waals surface area contributed by atoms with Gasteiger partial charge in [-0.25, -0.2) is 0 Å². The van der Waals surface area contributed by atoms with Gasteiger partial charge in [0.1, 0.15) is 0 Å². The quantitative estimate of drug-likeness (QED) is 0.810. The van der Waals surface area contributed by atoms with Crippen molar-refractivity contribution in [3.05, 3.63) is 71.8 Å². The zero-order valence-electron chi connectivity index (χ0n) is 13.8. The number of benzene rings is 2.